The van der Waals surface area contributed by atoms with Gasteiger partial charge in [0.1, 0.15) is 24.3 Å². The first kappa shape index (κ1) is 19.5. The highest BCUT2D eigenvalue weighted by Crippen LogP contribution is 2.31. The van der Waals surface area contributed by atoms with Crippen LogP contribution < -0.4 is 9.47 Å². The minimum Gasteiger partial charge on any atom is -0.486 e. The Kier molecular flexibility index (Phi) is 8.06. The number of carbonyl (C=O) groups is 2. The van der Waals surface area contributed by atoms with Gasteiger partial charge in [-0.05, 0) is 26.0 Å². The van der Waals surface area contributed by atoms with Gasteiger partial charge in [0.2, 0.25) is 0 Å². The fourth-order valence-electron chi connectivity index (χ4n) is 2.37. The molecule has 6 heteroatoms. The lowest BCUT2D eigenvalue weighted by molar-refractivity contribution is -0.117. The number of carbonyl (C=O) groups excluding carboxylic acids is 2. The fourth-order valence-corrected chi connectivity index (χ4v) is 2.37. The molecule has 23 heavy (non-hydrogen) atoms. The van der Waals surface area contributed by atoms with E-state index in [1.807, 2.05) is 24.3 Å². The third-order valence-corrected chi connectivity index (χ3v) is 3.59. The van der Waals surface area contributed by atoms with Crippen molar-refractivity contribution >= 4 is 24.0 Å². The van der Waals surface area contributed by atoms with E-state index in [2.05, 4.69) is 4.90 Å². The summed E-state index contributed by atoms with van der Waals surface area (Å²) in [5.41, 5.74) is 0. The molecule has 0 bridgehead atoms. The number of rotatable bonds is 8. The third kappa shape index (κ3) is 6.59. The van der Waals surface area contributed by atoms with Gasteiger partial charge >= 0.3 is 0 Å². The van der Waals surface area contributed by atoms with Gasteiger partial charge in [-0.3, -0.25) is 14.5 Å². The van der Waals surface area contributed by atoms with Crippen LogP contribution in [0, 0.1) is 0 Å². The lowest BCUT2D eigenvalue weighted by Gasteiger charge is -2.31. The predicted molar refractivity (Wildman–Crippen MR) is 90.6 cm³/mol. The Morgan fingerprint density at radius 3 is 2.22 bits per heavy atom. The van der Waals surface area contributed by atoms with Gasteiger partial charge in [-0.1, -0.05) is 12.1 Å². The van der Waals surface area contributed by atoms with Crippen molar-refractivity contribution in [2.45, 2.75) is 32.8 Å². The van der Waals surface area contributed by atoms with E-state index in [0.717, 1.165) is 11.5 Å². The molecule has 0 amide bonds. The Morgan fingerprint density at radius 2 is 1.65 bits per heavy atom. The molecule has 0 saturated heterocycles. The Balaban J connectivity index is 0.00000264. The molecule has 0 radical (unpaired) electrons. The van der Waals surface area contributed by atoms with Crippen LogP contribution in [0.25, 0.3) is 0 Å². The number of halogens is 1. The first-order valence-electron chi connectivity index (χ1n) is 7.64. The summed E-state index contributed by atoms with van der Waals surface area (Å²) in [7, 11) is 0. The van der Waals surface area contributed by atoms with E-state index in [9.17, 15) is 9.59 Å². The summed E-state index contributed by atoms with van der Waals surface area (Å²) in [6, 6.07) is 7.59. The summed E-state index contributed by atoms with van der Waals surface area (Å²) in [4.78, 5) is 24.5. The molecule has 1 unspecified atom stereocenters. The second-order valence-corrected chi connectivity index (χ2v) is 5.70. The molecule has 1 aliphatic rings. The number of nitrogens with zero attached hydrogens (tertiary/aromatic N) is 1. The first-order valence-corrected chi connectivity index (χ1v) is 7.64. The molecule has 0 N–H and O–H groups in total. The quantitative estimate of drug-likeness (QED) is 0.727. The normalized spacial score (nSPS) is 15.9. The summed E-state index contributed by atoms with van der Waals surface area (Å²) in [5.74, 6) is 1.81. The van der Waals surface area contributed by atoms with Crippen LogP contribution >= 0.6 is 12.4 Å². The number of Topliss-reactive ketones (excluding diaryl/α,β-unsaturated/α-hetero) is 2. The molecule has 128 valence electrons. The van der Waals surface area contributed by atoms with E-state index in [-0.39, 0.29) is 30.1 Å². The van der Waals surface area contributed by atoms with Gasteiger partial charge in [0.25, 0.3) is 0 Å². The maximum atomic E-state index is 11.2. The van der Waals surface area contributed by atoms with Crippen molar-refractivity contribution < 1.29 is 19.1 Å². The van der Waals surface area contributed by atoms with Crippen LogP contribution in [0.15, 0.2) is 24.3 Å². The first-order chi connectivity index (χ1) is 10.5. The van der Waals surface area contributed by atoms with Crippen LogP contribution in [0.2, 0.25) is 0 Å². The Bertz CT molecular complexity index is 517. The van der Waals surface area contributed by atoms with Gasteiger partial charge in [0.15, 0.2) is 11.5 Å². The number of hydrogen-bond donors (Lipinski definition) is 0. The molecule has 0 aliphatic carbocycles. The fraction of sp³-hybridized carbons (Fsp3) is 0.529. The Hall–Kier alpha value is -1.59. The van der Waals surface area contributed by atoms with Crippen LogP contribution in [-0.4, -0.2) is 48.8 Å². The molecule has 0 fully saturated rings. The molecule has 1 aromatic rings. The van der Waals surface area contributed by atoms with E-state index in [1.165, 1.54) is 0 Å². The second-order valence-electron chi connectivity index (χ2n) is 5.70. The zero-order valence-corrected chi connectivity index (χ0v) is 14.4. The van der Waals surface area contributed by atoms with Crippen molar-refractivity contribution in [3.63, 3.8) is 0 Å². The van der Waals surface area contributed by atoms with Crippen molar-refractivity contribution in [3.05, 3.63) is 24.3 Å². The van der Waals surface area contributed by atoms with Gasteiger partial charge < -0.3 is 9.47 Å². The number of fused-ring (bicyclic) bond motifs is 1. The summed E-state index contributed by atoms with van der Waals surface area (Å²) >= 11 is 0. The summed E-state index contributed by atoms with van der Waals surface area (Å²) in [6.07, 6.45) is 0.887. The van der Waals surface area contributed by atoms with E-state index in [0.29, 0.717) is 39.1 Å². The zero-order valence-electron chi connectivity index (χ0n) is 13.6. The van der Waals surface area contributed by atoms with Gasteiger partial charge in [-0.15, -0.1) is 12.4 Å². The topological polar surface area (TPSA) is 55.8 Å². The molecule has 2 rings (SSSR count). The molecule has 1 aromatic carbocycles. The van der Waals surface area contributed by atoms with Gasteiger partial charge in [-0.2, -0.15) is 0 Å². The van der Waals surface area contributed by atoms with E-state index >= 15 is 0 Å². The average Bonchev–Trinajstić information content (AvgIpc) is 2.49. The lowest BCUT2D eigenvalue weighted by Crippen LogP contribution is -2.42. The molecule has 1 heterocycles. The smallest absolute Gasteiger partial charge is 0.161 e. The molecule has 0 saturated carbocycles. The minimum absolute atomic E-state index is 0. The van der Waals surface area contributed by atoms with E-state index < -0.39 is 0 Å². The molecule has 1 atom stereocenters. The SMILES string of the molecule is CC(=O)CCN(CCC(C)=O)CC1COc2ccccc2O1.Cl. The Labute approximate surface area is 143 Å². The predicted octanol–water partition coefficient (Wildman–Crippen LogP) is 2.51. The molecule has 0 aromatic heterocycles. The van der Waals surface area contributed by atoms with E-state index in [4.69, 9.17) is 9.47 Å². The highest BCUT2D eigenvalue weighted by atomic mass is 35.5. The largest absolute Gasteiger partial charge is 0.486 e. The number of ether oxygens (including phenoxy) is 2. The van der Waals surface area contributed by atoms with Crippen molar-refractivity contribution in [2.24, 2.45) is 0 Å². The molecule has 0 spiro atoms. The number of para-hydroxylation sites is 2. The van der Waals surface area contributed by atoms with Crippen LogP contribution in [0.5, 0.6) is 11.5 Å². The minimum atomic E-state index is -0.0891. The highest BCUT2D eigenvalue weighted by Gasteiger charge is 2.23. The standard InChI is InChI=1S/C17H23NO4.ClH/c1-13(19)7-9-18(10-8-14(2)20)11-15-12-21-16-5-3-4-6-17(16)22-15;/h3-6,15H,7-12H2,1-2H3;1H. The van der Waals surface area contributed by atoms with Crippen LogP contribution in [0.1, 0.15) is 26.7 Å². The summed E-state index contributed by atoms with van der Waals surface area (Å²) in [5, 5.41) is 0. The molecular weight excluding hydrogens is 318 g/mol. The molecular formula is C17H24ClNO4. The van der Waals surface area contributed by atoms with E-state index in [1.54, 1.807) is 13.8 Å². The second kappa shape index (κ2) is 9.53. The van der Waals surface area contributed by atoms with Gasteiger partial charge in [0, 0.05) is 32.5 Å². The van der Waals surface area contributed by atoms with Gasteiger partial charge in [-0.25, -0.2) is 0 Å². The third-order valence-electron chi connectivity index (χ3n) is 3.59. The maximum absolute atomic E-state index is 11.2. The Morgan fingerprint density at radius 1 is 1.09 bits per heavy atom. The molecule has 5 nitrogen and oxygen atoms in total. The highest BCUT2D eigenvalue weighted by molar-refractivity contribution is 5.85. The monoisotopic (exact) mass is 341 g/mol. The van der Waals surface area contributed by atoms with Crippen LogP contribution in [0.3, 0.4) is 0 Å². The van der Waals surface area contributed by atoms with Crippen molar-refractivity contribution in [2.75, 3.05) is 26.2 Å². The van der Waals surface area contributed by atoms with Crippen molar-refractivity contribution in [1.29, 1.82) is 0 Å². The van der Waals surface area contributed by atoms with Crippen molar-refractivity contribution in [3.8, 4) is 11.5 Å². The molecule has 1 aliphatic heterocycles. The van der Waals surface area contributed by atoms with Crippen molar-refractivity contribution in [1.82, 2.24) is 4.90 Å². The lowest BCUT2D eigenvalue weighted by atomic mass is 10.2. The summed E-state index contributed by atoms with van der Waals surface area (Å²) in [6.45, 7) is 5.58. The maximum Gasteiger partial charge on any atom is 0.161 e. The number of hydrogen-bond acceptors (Lipinski definition) is 5. The zero-order chi connectivity index (χ0) is 15.9. The van der Waals surface area contributed by atoms with Crippen LogP contribution in [0.4, 0.5) is 0 Å². The number of ketones is 2. The number of benzene rings is 1. The summed E-state index contributed by atoms with van der Waals surface area (Å²) < 4.78 is 11.6. The average molecular weight is 342 g/mol. The van der Waals surface area contributed by atoms with Gasteiger partial charge in [0.05, 0.1) is 0 Å². The van der Waals surface area contributed by atoms with Crippen LogP contribution in [-0.2, 0) is 9.59 Å².